The summed E-state index contributed by atoms with van der Waals surface area (Å²) < 4.78 is 1.44. The molecule has 0 unspecified atom stereocenters. The normalized spacial score (nSPS) is 10.3. The van der Waals surface area contributed by atoms with Gasteiger partial charge in [-0.15, -0.1) is 0 Å². The van der Waals surface area contributed by atoms with E-state index >= 15 is 0 Å². The molecule has 0 bridgehead atoms. The van der Waals surface area contributed by atoms with Crippen molar-refractivity contribution < 1.29 is 4.79 Å². The van der Waals surface area contributed by atoms with Gasteiger partial charge >= 0.3 is 0 Å². The van der Waals surface area contributed by atoms with Crippen LogP contribution in [-0.4, -0.2) is 10.9 Å². The van der Waals surface area contributed by atoms with Gasteiger partial charge in [0.25, 0.3) is 5.91 Å². The zero-order valence-electron chi connectivity index (χ0n) is 9.45. The number of aromatic nitrogens is 1. The summed E-state index contributed by atoms with van der Waals surface area (Å²) in [7, 11) is 0. The molecule has 0 aliphatic carbocycles. The Morgan fingerprint density at radius 2 is 2.05 bits per heavy atom. The Morgan fingerprint density at radius 3 is 2.74 bits per heavy atom. The second-order valence-corrected chi connectivity index (χ2v) is 5.85. The first-order valence-electron chi connectivity index (χ1n) is 5.15. The van der Waals surface area contributed by atoms with Gasteiger partial charge in [-0.05, 0) is 56.1 Å². The maximum Gasteiger partial charge on any atom is 0.259 e. The van der Waals surface area contributed by atoms with E-state index in [2.05, 4.69) is 42.2 Å². The molecule has 2 rings (SSSR count). The van der Waals surface area contributed by atoms with Crippen molar-refractivity contribution in [2.75, 3.05) is 11.1 Å². The van der Waals surface area contributed by atoms with Crippen LogP contribution in [0.5, 0.6) is 0 Å². The predicted octanol–water partition coefficient (Wildman–Crippen LogP) is 4.09. The number of amides is 1. The Hall–Kier alpha value is -1.11. The minimum atomic E-state index is -0.343. The molecule has 1 aromatic heterocycles. The van der Waals surface area contributed by atoms with Gasteiger partial charge in [-0.2, -0.15) is 0 Å². The number of rotatable bonds is 2. The van der Waals surface area contributed by atoms with E-state index in [9.17, 15) is 4.79 Å². The minimum absolute atomic E-state index is 0.170. The van der Waals surface area contributed by atoms with E-state index in [1.807, 2.05) is 0 Å². The number of hydrogen-bond donors (Lipinski definition) is 2. The van der Waals surface area contributed by atoms with Crippen LogP contribution < -0.4 is 11.1 Å². The molecule has 3 N–H and O–H groups in total. The number of carbonyl (C=O) groups is 1. The highest BCUT2D eigenvalue weighted by molar-refractivity contribution is 9.10. The molecule has 0 aliphatic rings. The summed E-state index contributed by atoms with van der Waals surface area (Å²) in [6.45, 7) is 0. The Balaban J connectivity index is 2.25. The zero-order valence-corrected chi connectivity index (χ0v) is 13.4. The number of pyridine rings is 1. The number of nitrogens with zero attached hydrogens (tertiary/aromatic N) is 1. The molecular formula is C12H8Br2ClN3O. The van der Waals surface area contributed by atoms with Gasteiger partial charge in [-0.1, -0.05) is 11.6 Å². The Bertz CT molecular complexity index is 649. The van der Waals surface area contributed by atoms with Crippen LogP contribution in [0.15, 0.2) is 39.4 Å². The average Bonchev–Trinajstić information content (AvgIpc) is 2.36. The summed E-state index contributed by atoms with van der Waals surface area (Å²) in [5.74, 6) is -0.173. The first-order valence-corrected chi connectivity index (χ1v) is 7.11. The Kier molecular flexibility index (Phi) is 4.44. The van der Waals surface area contributed by atoms with E-state index in [-0.39, 0.29) is 11.7 Å². The summed E-state index contributed by atoms with van der Waals surface area (Å²) in [6, 6.07) is 6.74. The highest BCUT2D eigenvalue weighted by Crippen LogP contribution is 2.26. The lowest BCUT2D eigenvalue weighted by Crippen LogP contribution is -2.14. The summed E-state index contributed by atoms with van der Waals surface area (Å²) in [5.41, 5.74) is 6.55. The van der Waals surface area contributed by atoms with Gasteiger partial charge in [0.2, 0.25) is 0 Å². The van der Waals surface area contributed by atoms with Crippen LogP contribution in [0.1, 0.15) is 10.4 Å². The largest absolute Gasteiger partial charge is 0.383 e. The molecule has 0 atom stereocenters. The molecule has 19 heavy (non-hydrogen) atoms. The SMILES string of the molecule is Nc1ncc(Br)cc1C(=O)Nc1ccc(Br)c(Cl)c1. The third-order valence-electron chi connectivity index (χ3n) is 2.31. The second kappa shape index (κ2) is 5.90. The second-order valence-electron chi connectivity index (χ2n) is 3.67. The van der Waals surface area contributed by atoms with E-state index in [0.29, 0.717) is 20.7 Å². The van der Waals surface area contributed by atoms with Crippen molar-refractivity contribution in [3.8, 4) is 0 Å². The number of nitrogen functional groups attached to an aromatic ring is 1. The lowest BCUT2D eigenvalue weighted by Gasteiger charge is -2.08. The van der Waals surface area contributed by atoms with Crippen molar-refractivity contribution in [3.63, 3.8) is 0 Å². The number of carbonyl (C=O) groups excluding carboxylic acids is 1. The fraction of sp³-hybridized carbons (Fsp3) is 0. The number of benzene rings is 1. The van der Waals surface area contributed by atoms with Crippen LogP contribution in [0.3, 0.4) is 0 Å². The molecule has 0 radical (unpaired) electrons. The Labute approximate surface area is 131 Å². The van der Waals surface area contributed by atoms with Crippen molar-refractivity contribution in [1.82, 2.24) is 4.98 Å². The molecule has 1 amide bonds. The summed E-state index contributed by atoms with van der Waals surface area (Å²) in [5, 5.41) is 3.22. The topological polar surface area (TPSA) is 68.0 Å². The molecule has 0 aliphatic heterocycles. The monoisotopic (exact) mass is 403 g/mol. The molecule has 0 saturated heterocycles. The molecule has 4 nitrogen and oxygen atoms in total. The molecule has 7 heteroatoms. The molecule has 0 spiro atoms. The highest BCUT2D eigenvalue weighted by Gasteiger charge is 2.12. The van der Waals surface area contributed by atoms with Crippen LogP contribution in [0.25, 0.3) is 0 Å². The van der Waals surface area contributed by atoms with Gasteiger partial charge in [0.15, 0.2) is 0 Å². The third kappa shape index (κ3) is 3.46. The van der Waals surface area contributed by atoms with Crippen molar-refractivity contribution in [2.45, 2.75) is 0 Å². The van der Waals surface area contributed by atoms with Crippen molar-refractivity contribution in [3.05, 3.63) is 50.0 Å². The van der Waals surface area contributed by atoms with Crippen molar-refractivity contribution in [2.24, 2.45) is 0 Å². The Morgan fingerprint density at radius 1 is 1.32 bits per heavy atom. The maximum absolute atomic E-state index is 12.1. The van der Waals surface area contributed by atoms with E-state index in [1.54, 1.807) is 24.3 Å². The smallest absolute Gasteiger partial charge is 0.259 e. The molecule has 0 fully saturated rings. The molecule has 0 saturated carbocycles. The van der Waals surface area contributed by atoms with Crippen LogP contribution in [-0.2, 0) is 0 Å². The fourth-order valence-electron chi connectivity index (χ4n) is 1.40. The first-order chi connectivity index (χ1) is 8.97. The summed E-state index contributed by atoms with van der Waals surface area (Å²) in [4.78, 5) is 16.0. The van der Waals surface area contributed by atoms with E-state index in [0.717, 1.165) is 4.47 Å². The lowest BCUT2D eigenvalue weighted by atomic mass is 10.2. The van der Waals surface area contributed by atoms with Gasteiger partial charge in [0, 0.05) is 20.8 Å². The first kappa shape index (κ1) is 14.3. The highest BCUT2D eigenvalue weighted by atomic mass is 79.9. The standard InChI is InChI=1S/C12H8Br2ClN3O/c13-6-3-8(11(16)17-5-6)12(19)18-7-1-2-9(14)10(15)4-7/h1-5H,(H2,16,17)(H,18,19). The van der Waals surface area contributed by atoms with Crippen LogP contribution in [0.2, 0.25) is 5.02 Å². The number of halogens is 3. The van der Waals surface area contributed by atoms with E-state index in [4.69, 9.17) is 17.3 Å². The van der Waals surface area contributed by atoms with Crippen molar-refractivity contribution >= 4 is 60.9 Å². The van der Waals surface area contributed by atoms with Gasteiger partial charge in [-0.25, -0.2) is 4.98 Å². The van der Waals surface area contributed by atoms with Gasteiger partial charge in [0.05, 0.1) is 10.6 Å². The summed E-state index contributed by atoms with van der Waals surface area (Å²) >= 11 is 12.5. The van der Waals surface area contributed by atoms with Gasteiger partial charge < -0.3 is 11.1 Å². The number of nitrogens with one attached hydrogen (secondary N) is 1. The van der Waals surface area contributed by atoms with Crippen LogP contribution >= 0.6 is 43.5 Å². The third-order valence-corrected chi connectivity index (χ3v) is 3.97. The van der Waals surface area contributed by atoms with E-state index < -0.39 is 0 Å². The molecular weight excluding hydrogens is 397 g/mol. The quantitative estimate of drug-likeness (QED) is 0.791. The average molecular weight is 405 g/mol. The zero-order chi connectivity index (χ0) is 14.0. The molecule has 2 aromatic rings. The van der Waals surface area contributed by atoms with Crippen LogP contribution in [0, 0.1) is 0 Å². The molecule has 1 heterocycles. The number of anilines is 2. The minimum Gasteiger partial charge on any atom is -0.383 e. The van der Waals surface area contributed by atoms with Crippen LogP contribution in [0.4, 0.5) is 11.5 Å². The number of nitrogens with two attached hydrogens (primary N) is 1. The molecule has 98 valence electrons. The summed E-state index contributed by atoms with van der Waals surface area (Å²) in [6.07, 6.45) is 1.53. The fourth-order valence-corrected chi connectivity index (χ4v) is 2.16. The number of hydrogen-bond acceptors (Lipinski definition) is 3. The predicted molar refractivity (Wildman–Crippen MR) is 83.5 cm³/mol. The van der Waals surface area contributed by atoms with Crippen molar-refractivity contribution in [1.29, 1.82) is 0 Å². The lowest BCUT2D eigenvalue weighted by molar-refractivity contribution is 0.102. The van der Waals surface area contributed by atoms with Gasteiger partial charge in [0.1, 0.15) is 5.82 Å². The molecule has 1 aromatic carbocycles. The van der Waals surface area contributed by atoms with Gasteiger partial charge in [-0.3, -0.25) is 4.79 Å². The van der Waals surface area contributed by atoms with E-state index in [1.165, 1.54) is 6.20 Å². The maximum atomic E-state index is 12.1.